The van der Waals surface area contributed by atoms with Crippen LogP contribution in [0, 0.1) is 12.8 Å². The molecule has 0 aliphatic carbocycles. The molecule has 0 aromatic carbocycles. The lowest BCUT2D eigenvalue weighted by Gasteiger charge is -2.32. The zero-order valence-corrected chi connectivity index (χ0v) is 10.4. The van der Waals surface area contributed by atoms with Gasteiger partial charge in [0.15, 0.2) is 0 Å². The second kappa shape index (κ2) is 4.64. The topological polar surface area (TPSA) is 21.3 Å². The van der Waals surface area contributed by atoms with Gasteiger partial charge < -0.3 is 10.1 Å². The molecular formula is C12H19NOS. The molecule has 1 aromatic heterocycles. The van der Waals surface area contributed by atoms with Crippen LogP contribution in [-0.2, 0) is 4.74 Å². The Balaban J connectivity index is 1.93. The first kappa shape index (κ1) is 11.1. The highest BCUT2D eigenvalue weighted by molar-refractivity contribution is 7.12. The summed E-state index contributed by atoms with van der Waals surface area (Å²) in [6, 6.07) is 4.86. The number of ether oxygens (including phenoxy) is 1. The molecule has 2 heterocycles. The second-order valence-electron chi connectivity index (χ2n) is 4.53. The minimum atomic E-state index is 0.263. The Labute approximate surface area is 95.6 Å². The van der Waals surface area contributed by atoms with Gasteiger partial charge in [0.25, 0.3) is 0 Å². The Morgan fingerprint density at radius 1 is 1.47 bits per heavy atom. The van der Waals surface area contributed by atoms with Gasteiger partial charge in [-0.05, 0) is 25.0 Å². The fourth-order valence-corrected chi connectivity index (χ4v) is 2.76. The molecule has 0 spiro atoms. The van der Waals surface area contributed by atoms with E-state index in [0.717, 1.165) is 13.2 Å². The molecule has 84 valence electrons. The fraction of sp³-hybridized carbons (Fsp3) is 0.667. The smallest absolute Gasteiger partial charge is 0.104 e. The summed E-state index contributed by atoms with van der Waals surface area (Å²) in [5.74, 6) is 0.649. The van der Waals surface area contributed by atoms with Crippen molar-refractivity contribution in [3.05, 3.63) is 21.9 Å². The summed E-state index contributed by atoms with van der Waals surface area (Å²) >= 11 is 1.84. The van der Waals surface area contributed by atoms with Crippen LogP contribution in [0.5, 0.6) is 0 Å². The number of thiophene rings is 1. The molecule has 1 aliphatic heterocycles. The molecular weight excluding hydrogens is 206 g/mol. The predicted octanol–water partition coefficient (Wildman–Crippen LogP) is 2.74. The van der Waals surface area contributed by atoms with Crippen LogP contribution in [0.1, 0.15) is 29.7 Å². The summed E-state index contributed by atoms with van der Waals surface area (Å²) in [6.07, 6.45) is 0.263. The van der Waals surface area contributed by atoms with Gasteiger partial charge in [0.05, 0.1) is 6.61 Å². The van der Waals surface area contributed by atoms with E-state index in [0.29, 0.717) is 12.0 Å². The van der Waals surface area contributed by atoms with E-state index in [1.807, 2.05) is 11.3 Å². The third-order valence-electron chi connectivity index (χ3n) is 2.93. The first-order valence-electron chi connectivity index (χ1n) is 5.58. The monoisotopic (exact) mass is 225 g/mol. The van der Waals surface area contributed by atoms with Gasteiger partial charge >= 0.3 is 0 Å². The average molecular weight is 225 g/mol. The van der Waals surface area contributed by atoms with Crippen LogP contribution in [0.25, 0.3) is 0 Å². The molecule has 0 saturated carbocycles. The molecule has 2 rings (SSSR count). The quantitative estimate of drug-likeness (QED) is 0.835. The van der Waals surface area contributed by atoms with Gasteiger partial charge in [-0.25, -0.2) is 0 Å². The number of hydrogen-bond acceptors (Lipinski definition) is 3. The molecule has 2 unspecified atom stereocenters. The van der Waals surface area contributed by atoms with Gasteiger partial charge in [-0.1, -0.05) is 13.8 Å². The highest BCUT2D eigenvalue weighted by atomic mass is 32.1. The van der Waals surface area contributed by atoms with E-state index < -0.39 is 0 Å². The summed E-state index contributed by atoms with van der Waals surface area (Å²) in [5, 5.41) is 3.56. The van der Waals surface area contributed by atoms with Gasteiger partial charge in [-0.3, -0.25) is 0 Å². The molecule has 15 heavy (non-hydrogen) atoms. The fourth-order valence-electron chi connectivity index (χ4n) is 1.83. The second-order valence-corrected chi connectivity index (χ2v) is 5.85. The first-order valence-corrected chi connectivity index (χ1v) is 6.40. The third kappa shape index (κ3) is 2.60. The van der Waals surface area contributed by atoms with E-state index in [1.54, 1.807) is 0 Å². The number of morpholine rings is 1. The minimum Gasteiger partial charge on any atom is -0.370 e. The number of aryl methyl sites for hydroxylation is 1. The van der Waals surface area contributed by atoms with E-state index in [2.05, 4.69) is 38.2 Å². The molecule has 1 saturated heterocycles. The number of nitrogens with one attached hydrogen (secondary N) is 1. The van der Waals surface area contributed by atoms with Crippen LogP contribution in [0.3, 0.4) is 0 Å². The number of hydrogen-bond donors (Lipinski definition) is 1. The van der Waals surface area contributed by atoms with E-state index in [-0.39, 0.29) is 6.10 Å². The van der Waals surface area contributed by atoms with Gasteiger partial charge in [0.1, 0.15) is 6.10 Å². The van der Waals surface area contributed by atoms with Crippen LogP contribution in [0.2, 0.25) is 0 Å². The third-order valence-corrected chi connectivity index (χ3v) is 4.02. The van der Waals surface area contributed by atoms with E-state index in [4.69, 9.17) is 4.74 Å². The molecule has 1 aromatic rings. The molecule has 1 N–H and O–H groups in total. The predicted molar refractivity (Wildman–Crippen MR) is 64.4 cm³/mol. The summed E-state index contributed by atoms with van der Waals surface area (Å²) in [7, 11) is 0. The Kier molecular flexibility index (Phi) is 3.44. The maximum absolute atomic E-state index is 5.90. The largest absolute Gasteiger partial charge is 0.370 e. The Morgan fingerprint density at radius 3 is 2.73 bits per heavy atom. The highest BCUT2D eigenvalue weighted by Gasteiger charge is 2.24. The summed E-state index contributed by atoms with van der Waals surface area (Å²) in [5.41, 5.74) is 0. The molecule has 2 atom stereocenters. The van der Waals surface area contributed by atoms with E-state index in [1.165, 1.54) is 9.75 Å². The standard InChI is InChI=1S/C12H19NOS/c1-8(2)10-7-14-11(6-13-10)12-5-4-9(3)15-12/h4-5,8,10-11,13H,6-7H2,1-3H3. The van der Waals surface area contributed by atoms with Crippen LogP contribution < -0.4 is 5.32 Å². The molecule has 1 aliphatic rings. The average Bonchev–Trinajstić information content (AvgIpc) is 2.65. The lowest BCUT2D eigenvalue weighted by molar-refractivity contribution is -0.00520. The molecule has 0 amide bonds. The van der Waals surface area contributed by atoms with Gasteiger partial charge in [0, 0.05) is 22.3 Å². The van der Waals surface area contributed by atoms with Gasteiger partial charge in [0.2, 0.25) is 0 Å². The Morgan fingerprint density at radius 2 is 2.27 bits per heavy atom. The summed E-state index contributed by atoms with van der Waals surface area (Å²) < 4.78 is 5.90. The molecule has 0 bridgehead atoms. The van der Waals surface area contributed by atoms with Crippen molar-refractivity contribution in [2.24, 2.45) is 5.92 Å². The number of rotatable bonds is 2. The van der Waals surface area contributed by atoms with Crippen molar-refractivity contribution in [3.8, 4) is 0 Å². The zero-order chi connectivity index (χ0) is 10.8. The van der Waals surface area contributed by atoms with Crippen molar-refractivity contribution in [3.63, 3.8) is 0 Å². The van der Waals surface area contributed by atoms with E-state index in [9.17, 15) is 0 Å². The van der Waals surface area contributed by atoms with Crippen molar-refractivity contribution in [2.75, 3.05) is 13.2 Å². The highest BCUT2D eigenvalue weighted by Crippen LogP contribution is 2.27. The Bertz CT molecular complexity index is 313. The van der Waals surface area contributed by atoms with Crippen LogP contribution in [0.15, 0.2) is 12.1 Å². The SMILES string of the molecule is Cc1ccc(C2CNC(C(C)C)CO2)s1. The van der Waals surface area contributed by atoms with Crippen molar-refractivity contribution in [1.82, 2.24) is 5.32 Å². The van der Waals surface area contributed by atoms with Crippen molar-refractivity contribution in [1.29, 1.82) is 0 Å². The molecule has 2 nitrogen and oxygen atoms in total. The van der Waals surface area contributed by atoms with Crippen molar-refractivity contribution >= 4 is 11.3 Å². The van der Waals surface area contributed by atoms with Gasteiger partial charge in [-0.15, -0.1) is 11.3 Å². The Hall–Kier alpha value is -0.380. The van der Waals surface area contributed by atoms with Crippen molar-refractivity contribution in [2.45, 2.75) is 32.9 Å². The summed E-state index contributed by atoms with van der Waals surface area (Å²) in [4.78, 5) is 2.71. The lowest BCUT2D eigenvalue weighted by Crippen LogP contribution is -2.45. The zero-order valence-electron chi connectivity index (χ0n) is 9.62. The maximum Gasteiger partial charge on any atom is 0.104 e. The van der Waals surface area contributed by atoms with Crippen LogP contribution >= 0.6 is 11.3 Å². The van der Waals surface area contributed by atoms with Crippen LogP contribution in [0.4, 0.5) is 0 Å². The molecule has 3 heteroatoms. The van der Waals surface area contributed by atoms with Crippen molar-refractivity contribution < 1.29 is 4.74 Å². The first-order chi connectivity index (χ1) is 7.16. The molecule has 1 fully saturated rings. The van der Waals surface area contributed by atoms with E-state index >= 15 is 0 Å². The minimum absolute atomic E-state index is 0.263. The summed E-state index contributed by atoms with van der Waals surface area (Å²) in [6.45, 7) is 8.39. The van der Waals surface area contributed by atoms with Gasteiger partial charge in [-0.2, -0.15) is 0 Å². The maximum atomic E-state index is 5.90. The van der Waals surface area contributed by atoms with Crippen LogP contribution in [-0.4, -0.2) is 19.2 Å². The lowest BCUT2D eigenvalue weighted by atomic mass is 10.0. The molecule has 0 radical (unpaired) electrons. The normalized spacial score (nSPS) is 27.2.